The molecule has 4 aliphatic rings. The smallest absolute Gasteiger partial charge is 0.417 e. The van der Waals surface area contributed by atoms with Crippen molar-refractivity contribution in [1.82, 2.24) is 9.97 Å². The number of aryl methyl sites for hydroxylation is 2. The van der Waals surface area contributed by atoms with Crippen LogP contribution in [0.1, 0.15) is 60.6 Å². The van der Waals surface area contributed by atoms with Crippen molar-refractivity contribution in [3.8, 4) is 23.0 Å². The van der Waals surface area contributed by atoms with Crippen molar-refractivity contribution in [2.45, 2.75) is 63.0 Å². The Kier molecular flexibility index (Phi) is 8.08. The molecule has 2 saturated carbocycles. The molecule has 2 aliphatic carbocycles. The van der Waals surface area contributed by atoms with Gasteiger partial charge in [0.25, 0.3) is 0 Å². The summed E-state index contributed by atoms with van der Waals surface area (Å²) in [5, 5.41) is 5.65. The number of rotatable bonds is 7. The number of nitrogens with one attached hydrogen (secondary N) is 2. The van der Waals surface area contributed by atoms with Gasteiger partial charge in [-0.15, -0.1) is 0 Å². The monoisotopic (exact) mass is 674 g/mol. The van der Waals surface area contributed by atoms with E-state index in [4.69, 9.17) is 18.9 Å². The van der Waals surface area contributed by atoms with Gasteiger partial charge in [0.1, 0.15) is 11.6 Å². The van der Waals surface area contributed by atoms with Crippen LogP contribution in [0.4, 0.5) is 24.8 Å². The summed E-state index contributed by atoms with van der Waals surface area (Å²) in [6.07, 6.45) is 0.0607. The molecule has 4 aromatic rings. The normalized spacial score (nSPS) is 17.0. The Morgan fingerprint density at radius 1 is 0.755 bits per heavy atom. The lowest BCUT2D eigenvalue weighted by Crippen LogP contribution is -2.28. The number of nitrogens with zero attached hydrogens (tertiary/aromatic N) is 2. The van der Waals surface area contributed by atoms with Gasteiger partial charge >= 0.3 is 6.18 Å². The van der Waals surface area contributed by atoms with Crippen LogP contribution in [0.15, 0.2) is 66.9 Å². The zero-order chi connectivity index (χ0) is 34.4. The highest BCUT2D eigenvalue weighted by Crippen LogP contribution is 2.52. The molecule has 254 valence electrons. The van der Waals surface area contributed by atoms with Crippen molar-refractivity contribution >= 4 is 23.5 Å². The first kappa shape index (κ1) is 32.2. The molecule has 10 nitrogen and oxygen atoms in total. The highest BCUT2D eigenvalue weighted by atomic mass is 19.4. The van der Waals surface area contributed by atoms with Crippen LogP contribution in [0.5, 0.6) is 23.0 Å². The minimum absolute atomic E-state index is 0.00849. The molecule has 49 heavy (non-hydrogen) atoms. The van der Waals surface area contributed by atoms with Gasteiger partial charge in [0, 0.05) is 11.9 Å². The van der Waals surface area contributed by atoms with Gasteiger partial charge in [-0.2, -0.15) is 13.2 Å². The molecule has 0 unspecified atom stereocenters. The molecule has 13 heteroatoms. The SMILES string of the molecule is CCc1ccc(C)nc1NC(=O)C1(c2ccc3c(c2)OCO3)CC1.O=C(Nc1ccc(C(F)(F)F)cn1)C1(c2ccc3c(c2)OCO3)CC1. The predicted octanol–water partition coefficient (Wildman–Crippen LogP) is 6.85. The van der Waals surface area contributed by atoms with Crippen LogP contribution in [-0.4, -0.2) is 35.4 Å². The number of alkyl halides is 3. The fourth-order valence-electron chi connectivity index (χ4n) is 6.01. The second kappa shape index (κ2) is 12.3. The number of hydrogen-bond acceptors (Lipinski definition) is 8. The molecule has 0 bridgehead atoms. The number of anilines is 2. The highest BCUT2D eigenvalue weighted by molar-refractivity contribution is 6.02. The first-order valence-corrected chi connectivity index (χ1v) is 15.9. The molecule has 0 radical (unpaired) electrons. The number of carbonyl (C=O) groups is 2. The summed E-state index contributed by atoms with van der Waals surface area (Å²) in [6, 6.07) is 17.1. The van der Waals surface area contributed by atoms with Gasteiger partial charge in [-0.3, -0.25) is 9.59 Å². The van der Waals surface area contributed by atoms with Crippen LogP contribution >= 0.6 is 0 Å². The van der Waals surface area contributed by atoms with Gasteiger partial charge in [0.05, 0.1) is 16.4 Å². The van der Waals surface area contributed by atoms with E-state index in [2.05, 4.69) is 27.5 Å². The van der Waals surface area contributed by atoms with E-state index in [1.54, 1.807) is 18.2 Å². The molecule has 0 spiro atoms. The van der Waals surface area contributed by atoms with E-state index in [-0.39, 0.29) is 31.2 Å². The lowest BCUT2D eigenvalue weighted by molar-refractivity contribution is -0.137. The Morgan fingerprint density at radius 2 is 1.31 bits per heavy atom. The molecule has 2 aromatic carbocycles. The molecule has 2 aliphatic heterocycles. The quantitative estimate of drug-likeness (QED) is 0.218. The molecule has 4 heterocycles. The van der Waals surface area contributed by atoms with Crippen LogP contribution in [-0.2, 0) is 33.0 Å². The van der Waals surface area contributed by atoms with Gasteiger partial charge in [-0.05, 0) is 98.2 Å². The van der Waals surface area contributed by atoms with Gasteiger partial charge in [-0.1, -0.05) is 25.1 Å². The topological polar surface area (TPSA) is 121 Å². The molecule has 0 saturated heterocycles. The highest BCUT2D eigenvalue weighted by Gasteiger charge is 2.53. The average molecular weight is 675 g/mol. The second-order valence-electron chi connectivity index (χ2n) is 12.5. The molecular formula is C36H33F3N4O6. The molecular weight excluding hydrogens is 641 g/mol. The standard InChI is InChI=1S/C19H20N2O3.C17H13F3N2O3/c1-3-13-5-4-12(2)20-17(13)21-18(22)19(8-9-19)14-6-7-15-16(10-14)24-11-23-15;18-17(19,20)11-2-4-14(21-8-11)22-15(23)16(5-6-16)10-1-3-12-13(7-10)25-9-24-12/h4-7,10H,3,8-9,11H2,1-2H3,(H,20,21,22);1-4,7-8H,5-6,9H2,(H,21,22,23). The fourth-order valence-corrected chi connectivity index (χ4v) is 6.01. The Morgan fingerprint density at radius 3 is 1.80 bits per heavy atom. The van der Waals surface area contributed by atoms with E-state index in [0.717, 1.165) is 65.3 Å². The number of fused-ring (bicyclic) bond motifs is 2. The van der Waals surface area contributed by atoms with Crippen LogP contribution in [0.2, 0.25) is 0 Å². The zero-order valence-corrected chi connectivity index (χ0v) is 26.8. The second-order valence-corrected chi connectivity index (χ2v) is 12.5. The third-order valence-electron chi connectivity index (χ3n) is 9.28. The minimum atomic E-state index is -4.46. The van der Waals surface area contributed by atoms with Crippen molar-refractivity contribution in [2.75, 3.05) is 24.2 Å². The van der Waals surface area contributed by atoms with Crippen LogP contribution in [0, 0.1) is 6.92 Å². The van der Waals surface area contributed by atoms with E-state index in [1.807, 2.05) is 37.3 Å². The third kappa shape index (κ3) is 6.32. The Bertz CT molecular complexity index is 1920. The number of carbonyl (C=O) groups excluding carboxylic acids is 2. The first-order chi connectivity index (χ1) is 23.5. The van der Waals surface area contributed by atoms with Crippen LogP contribution < -0.4 is 29.6 Å². The number of aromatic nitrogens is 2. The van der Waals surface area contributed by atoms with Gasteiger partial charge in [-0.25, -0.2) is 9.97 Å². The van der Waals surface area contributed by atoms with Gasteiger partial charge in [0.15, 0.2) is 23.0 Å². The Labute approximate surface area is 280 Å². The van der Waals surface area contributed by atoms with Crippen molar-refractivity contribution in [3.63, 3.8) is 0 Å². The number of pyridine rings is 2. The van der Waals surface area contributed by atoms with E-state index in [0.29, 0.717) is 36.4 Å². The maximum atomic E-state index is 13.0. The van der Waals surface area contributed by atoms with Gasteiger partial charge in [0.2, 0.25) is 25.4 Å². The number of hydrogen-bond donors (Lipinski definition) is 2. The van der Waals surface area contributed by atoms with E-state index >= 15 is 0 Å². The number of ether oxygens (including phenoxy) is 4. The van der Waals surface area contributed by atoms with Crippen molar-refractivity contribution < 1.29 is 41.7 Å². The lowest BCUT2D eigenvalue weighted by Gasteiger charge is -2.17. The molecule has 8 rings (SSSR count). The zero-order valence-electron chi connectivity index (χ0n) is 26.8. The number of halogens is 3. The first-order valence-electron chi connectivity index (χ1n) is 15.9. The summed E-state index contributed by atoms with van der Waals surface area (Å²) in [6.45, 7) is 4.38. The maximum Gasteiger partial charge on any atom is 0.417 e. The summed E-state index contributed by atoms with van der Waals surface area (Å²) in [4.78, 5) is 33.8. The molecule has 2 N–H and O–H groups in total. The number of amides is 2. The average Bonchev–Trinajstić information content (AvgIpc) is 3.98. The predicted molar refractivity (Wildman–Crippen MR) is 172 cm³/mol. The summed E-state index contributed by atoms with van der Waals surface area (Å²) < 4.78 is 59.1. The summed E-state index contributed by atoms with van der Waals surface area (Å²) in [7, 11) is 0. The fraction of sp³-hybridized carbons (Fsp3) is 0.333. The summed E-state index contributed by atoms with van der Waals surface area (Å²) in [5.74, 6) is 3.15. The molecule has 2 aromatic heterocycles. The van der Waals surface area contributed by atoms with Crippen molar-refractivity contribution in [1.29, 1.82) is 0 Å². The van der Waals surface area contributed by atoms with Crippen molar-refractivity contribution in [3.05, 3.63) is 94.8 Å². The molecule has 2 fully saturated rings. The maximum absolute atomic E-state index is 13.0. The van der Waals surface area contributed by atoms with Gasteiger partial charge < -0.3 is 29.6 Å². The number of benzene rings is 2. The molecule has 0 atom stereocenters. The van der Waals surface area contributed by atoms with E-state index in [9.17, 15) is 22.8 Å². The largest absolute Gasteiger partial charge is 0.454 e. The Hall–Kier alpha value is -5.33. The van der Waals surface area contributed by atoms with E-state index < -0.39 is 22.6 Å². The summed E-state index contributed by atoms with van der Waals surface area (Å²) in [5.41, 5.74) is 1.69. The molecule has 2 amide bonds. The minimum Gasteiger partial charge on any atom is -0.454 e. The third-order valence-corrected chi connectivity index (χ3v) is 9.28. The van der Waals surface area contributed by atoms with E-state index in [1.165, 1.54) is 0 Å². The van der Waals surface area contributed by atoms with Crippen LogP contribution in [0.3, 0.4) is 0 Å². The van der Waals surface area contributed by atoms with Crippen LogP contribution in [0.25, 0.3) is 0 Å². The summed E-state index contributed by atoms with van der Waals surface area (Å²) >= 11 is 0. The Balaban J connectivity index is 0.000000154. The van der Waals surface area contributed by atoms with Crippen molar-refractivity contribution in [2.24, 2.45) is 0 Å². The lowest BCUT2D eigenvalue weighted by atomic mass is 9.94.